The monoisotopic (exact) mass is 319 g/mol. The SMILES string of the molecule is O=C(O)CC1CS(=O)(=O)CCN1C(=O)N1CCCNCC1. The zero-order chi connectivity index (χ0) is 15.5. The molecular formula is C12H21N3O5S. The second-order valence-electron chi connectivity index (χ2n) is 5.43. The highest BCUT2D eigenvalue weighted by molar-refractivity contribution is 7.91. The molecule has 0 aromatic rings. The maximum Gasteiger partial charge on any atom is 0.320 e. The molecule has 2 aliphatic heterocycles. The molecule has 0 aliphatic carbocycles. The van der Waals surface area contributed by atoms with Crippen LogP contribution in [0.4, 0.5) is 4.79 Å². The molecule has 0 aromatic heterocycles. The zero-order valence-corrected chi connectivity index (χ0v) is 12.6. The van der Waals surface area contributed by atoms with E-state index in [1.54, 1.807) is 4.90 Å². The van der Waals surface area contributed by atoms with Crippen LogP contribution in [0.15, 0.2) is 0 Å². The summed E-state index contributed by atoms with van der Waals surface area (Å²) in [5.41, 5.74) is 0. The number of hydrogen-bond acceptors (Lipinski definition) is 5. The Morgan fingerprint density at radius 2 is 1.95 bits per heavy atom. The molecule has 0 aromatic carbocycles. The lowest BCUT2D eigenvalue weighted by atomic mass is 10.2. The van der Waals surface area contributed by atoms with Gasteiger partial charge in [0.25, 0.3) is 0 Å². The Balaban J connectivity index is 2.10. The molecule has 1 unspecified atom stereocenters. The molecule has 2 heterocycles. The molecule has 8 nitrogen and oxygen atoms in total. The molecule has 2 amide bonds. The largest absolute Gasteiger partial charge is 0.481 e. The van der Waals surface area contributed by atoms with Crippen molar-refractivity contribution < 1.29 is 23.1 Å². The van der Waals surface area contributed by atoms with Gasteiger partial charge >= 0.3 is 12.0 Å². The Labute approximate surface area is 124 Å². The van der Waals surface area contributed by atoms with Crippen LogP contribution in [0, 0.1) is 0 Å². The van der Waals surface area contributed by atoms with Crippen molar-refractivity contribution in [1.29, 1.82) is 0 Å². The average Bonchev–Trinajstić information content (AvgIpc) is 2.65. The molecule has 2 N–H and O–H groups in total. The first kappa shape index (κ1) is 16.0. The number of nitrogens with zero attached hydrogens (tertiary/aromatic N) is 2. The molecule has 21 heavy (non-hydrogen) atoms. The summed E-state index contributed by atoms with van der Waals surface area (Å²) >= 11 is 0. The van der Waals surface area contributed by atoms with E-state index >= 15 is 0 Å². The molecule has 0 radical (unpaired) electrons. The predicted molar refractivity (Wildman–Crippen MR) is 75.9 cm³/mol. The maximum absolute atomic E-state index is 12.5. The number of carboxylic acids is 1. The van der Waals surface area contributed by atoms with Gasteiger partial charge in [-0.3, -0.25) is 4.79 Å². The number of nitrogens with one attached hydrogen (secondary N) is 1. The summed E-state index contributed by atoms with van der Waals surface area (Å²) in [6, 6.07) is -1.02. The smallest absolute Gasteiger partial charge is 0.320 e. The summed E-state index contributed by atoms with van der Waals surface area (Å²) in [5.74, 6) is -1.45. The van der Waals surface area contributed by atoms with E-state index in [1.807, 2.05) is 0 Å². The second-order valence-corrected chi connectivity index (χ2v) is 7.66. The highest BCUT2D eigenvalue weighted by Gasteiger charge is 2.37. The summed E-state index contributed by atoms with van der Waals surface area (Å²) in [7, 11) is -3.27. The maximum atomic E-state index is 12.5. The summed E-state index contributed by atoms with van der Waals surface area (Å²) in [5, 5.41) is 12.1. The van der Waals surface area contributed by atoms with Gasteiger partial charge in [0, 0.05) is 26.2 Å². The van der Waals surface area contributed by atoms with Crippen molar-refractivity contribution in [3.63, 3.8) is 0 Å². The topological polar surface area (TPSA) is 107 Å². The van der Waals surface area contributed by atoms with Crippen LogP contribution in [0.1, 0.15) is 12.8 Å². The third kappa shape index (κ3) is 4.31. The van der Waals surface area contributed by atoms with E-state index in [0.29, 0.717) is 19.6 Å². The van der Waals surface area contributed by atoms with E-state index in [-0.39, 0.29) is 30.5 Å². The van der Waals surface area contributed by atoms with Crippen LogP contribution in [0.2, 0.25) is 0 Å². The number of urea groups is 1. The first-order valence-electron chi connectivity index (χ1n) is 7.07. The van der Waals surface area contributed by atoms with Crippen molar-refractivity contribution in [1.82, 2.24) is 15.1 Å². The van der Waals surface area contributed by atoms with Crippen LogP contribution in [-0.4, -0.2) is 85.6 Å². The summed E-state index contributed by atoms with van der Waals surface area (Å²) < 4.78 is 23.4. The number of rotatable bonds is 2. The van der Waals surface area contributed by atoms with Gasteiger partial charge in [-0.2, -0.15) is 0 Å². The molecule has 1 atom stereocenters. The van der Waals surface area contributed by atoms with Gasteiger partial charge in [-0.15, -0.1) is 0 Å². The minimum Gasteiger partial charge on any atom is -0.481 e. The highest BCUT2D eigenvalue weighted by Crippen LogP contribution is 2.17. The van der Waals surface area contributed by atoms with Crippen molar-refractivity contribution in [2.75, 3.05) is 44.2 Å². The number of amides is 2. The molecule has 2 fully saturated rings. The van der Waals surface area contributed by atoms with E-state index in [9.17, 15) is 18.0 Å². The van der Waals surface area contributed by atoms with Gasteiger partial charge < -0.3 is 20.2 Å². The molecular weight excluding hydrogens is 298 g/mol. The van der Waals surface area contributed by atoms with Gasteiger partial charge in [-0.05, 0) is 13.0 Å². The molecule has 9 heteroatoms. The lowest BCUT2D eigenvalue weighted by Crippen LogP contribution is -2.56. The Morgan fingerprint density at radius 1 is 1.19 bits per heavy atom. The number of sulfone groups is 1. The van der Waals surface area contributed by atoms with E-state index in [1.165, 1.54) is 4.90 Å². The fourth-order valence-corrected chi connectivity index (χ4v) is 4.25. The summed E-state index contributed by atoms with van der Waals surface area (Å²) in [6.07, 6.45) is 0.499. The number of carboxylic acid groups (broad SMARTS) is 1. The van der Waals surface area contributed by atoms with Crippen molar-refractivity contribution in [3.05, 3.63) is 0 Å². The Morgan fingerprint density at radius 3 is 2.67 bits per heavy atom. The number of aliphatic carboxylic acids is 1. The molecule has 2 aliphatic rings. The van der Waals surface area contributed by atoms with E-state index in [2.05, 4.69) is 5.32 Å². The quantitative estimate of drug-likeness (QED) is 0.674. The van der Waals surface area contributed by atoms with Gasteiger partial charge in [0.15, 0.2) is 9.84 Å². The molecule has 0 spiro atoms. The Hall–Kier alpha value is -1.35. The second kappa shape index (κ2) is 6.61. The highest BCUT2D eigenvalue weighted by atomic mass is 32.2. The summed E-state index contributed by atoms with van der Waals surface area (Å²) in [4.78, 5) is 26.6. The first-order valence-corrected chi connectivity index (χ1v) is 8.90. The van der Waals surface area contributed by atoms with Crippen LogP contribution in [0.5, 0.6) is 0 Å². The average molecular weight is 319 g/mol. The van der Waals surface area contributed by atoms with Gasteiger partial charge in [0.1, 0.15) is 0 Å². The molecule has 0 bridgehead atoms. The van der Waals surface area contributed by atoms with Gasteiger partial charge in [-0.25, -0.2) is 13.2 Å². The number of carbonyl (C=O) groups is 2. The minimum absolute atomic E-state index is 0.0725. The van der Waals surface area contributed by atoms with Crippen molar-refractivity contribution in [3.8, 4) is 0 Å². The minimum atomic E-state index is -3.27. The van der Waals surface area contributed by atoms with E-state index in [4.69, 9.17) is 5.11 Å². The fourth-order valence-electron chi connectivity index (χ4n) is 2.73. The van der Waals surface area contributed by atoms with Gasteiger partial charge in [0.05, 0.1) is 24.0 Å². The predicted octanol–water partition coefficient (Wildman–Crippen LogP) is -1.02. The van der Waals surface area contributed by atoms with Crippen LogP contribution < -0.4 is 5.32 Å². The van der Waals surface area contributed by atoms with E-state index < -0.39 is 21.8 Å². The van der Waals surface area contributed by atoms with Gasteiger partial charge in [-0.1, -0.05) is 0 Å². The molecule has 120 valence electrons. The number of carbonyl (C=O) groups excluding carboxylic acids is 1. The summed E-state index contributed by atoms with van der Waals surface area (Å²) in [6.45, 7) is 2.78. The zero-order valence-electron chi connectivity index (χ0n) is 11.8. The van der Waals surface area contributed by atoms with Crippen LogP contribution >= 0.6 is 0 Å². The van der Waals surface area contributed by atoms with Crippen LogP contribution in [0.25, 0.3) is 0 Å². The molecule has 2 rings (SSSR count). The fraction of sp³-hybridized carbons (Fsp3) is 0.833. The van der Waals surface area contributed by atoms with Gasteiger partial charge in [0.2, 0.25) is 0 Å². The normalized spacial score (nSPS) is 26.2. The number of hydrogen-bond donors (Lipinski definition) is 2. The molecule has 2 saturated heterocycles. The van der Waals surface area contributed by atoms with Crippen molar-refractivity contribution in [2.24, 2.45) is 0 Å². The third-order valence-electron chi connectivity index (χ3n) is 3.80. The van der Waals surface area contributed by atoms with Crippen molar-refractivity contribution in [2.45, 2.75) is 18.9 Å². The lowest BCUT2D eigenvalue weighted by molar-refractivity contribution is -0.138. The first-order chi connectivity index (χ1) is 9.89. The molecule has 0 saturated carbocycles. The Kier molecular flexibility index (Phi) is 5.04. The van der Waals surface area contributed by atoms with Crippen LogP contribution in [0.3, 0.4) is 0 Å². The van der Waals surface area contributed by atoms with Crippen LogP contribution in [-0.2, 0) is 14.6 Å². The third-order valence-corrected chi connectivity index (χ3v) is 5.49. The van der Waals surface area contributed by atoms with Crippen molar-refractivity contribution >= 4 is 21.8 Å². The Bertz CT molecular complexity index is 499. The standard InChI is InChI=1S/C12H21N3O5S/c16-11(17)8-10-9-21(19,20)7-6-15(10)12(18)14-4-1-2-13-3-5-14/h10,13H,1-9H2,(H,16,17). The lowest BCUT2D eigenvalue weighted by Gasteiger charge is -2.37. The van der Waals surface area contributed by atoms with E-state index in [0.717, 1.165) is 13.0 Å².